The van der Waals surface area contributed by atoms with Crippen molar-refractivity contribution in [2.45, 2.75) is 19.0 Å². The van der Waals surface area contributed by atoms with Crippen molar-refractivity contribution in [2.75, 3.05) is 13.1 Å². The smallest absolute Gasteiger partial charge is 0.416 e. The number of hydrogen-bond acceptors (Lipinski definition) is 4. The lowest BCUT2D eigenvalue weighted by Gasteiger charge is -2.30. The van der Waals surface area contributed by atoms with Gasteiger partial charge in [0.1, 0.15) is 10.7 Å². The zero-order valence-electron chi connectivity index (χ0n) is 13.5. The van der Waals surface area contributed by atoms with E-state index in [4.69, 9.17) is 5.11 Å². The first-order chi connectivity index (χ1) is 12.3. The van der Waals surface area contributed by atoms with Crippen molar-refractivity contribution in [1.29, 1.82) is 0 Å². The number of amides is 1. The molecule has 1 aliphatic heterocycles. The van der Waals surface area contributed by atoms with Gasteiger partial charge in [0.25, 0.3) is 5.91 Å². The third-order valence-corrected chi connectivity index (χ3v) is 5.11. The molecule has 0 saturated carbocycles. The molecule has 1 aromatic carbocycles. The Balaban J connectivity index is 1.80. The van der Waals surface area contributed by atoms with Gasteiger partial charge in [0.15, 0.2) is 0 Å². The van der Waals surface area contributed by atoms with E-state index in [2.05, 4.69) is 4.98 Å². The maximum absolute atomic E-state index is 12.8. The second-order valence-corrected chi connectivity index (χ2v) is 6.90. The van der Waals surface area contributed by atoms with Gasteiger partial charge in [-0.3, -0.25) is 9.59 Å². The van der Waals surface area contributed by atoms with E-state index in [1.807, 2.05) is 0 Å². The molecule has 1 unspecified atom stereocenters. The summed E-state index contributed by atoms with van der Waals surface area (Å²) in [5.74, 6) is -1.94. The van der Waals surface area contributed by atoms with Crippen LogP contribution in [0.1, 0.15) is 28.9 Å². The third-order valence-electron chi connectivity index (χ3n) is 4.22. The lowest BCUT2D eigenvalue weighted by Crippen LogP contribution is -2.42. The van der Waals surface area contributed by atoms with Gasteiger partial charge in [0.05, 0.1) is 11.5 Å². The predicted molar refractivity (Wildman–Crippen MR) is 88.8 cm³/mol. The number of carboxylic acid groups (broad SMARTS) is 1. The van der Waals surface area contributed by atoms with E-state index in [1.54, 1.807) is 0 Å². The molecular formula is C17H15F3N2O3S. The molecule has 138 valence electrons. The van der Waals surface area contributed by atoms with Crippen molar-refractivity contribution in [2.24, 2.45) is 5.92 Å². The van der Waals surface area contributed by atoms with Crippen LogP contribution in [0, 0.1) is 5.92 Å². The van der Waals surface area contributed by atoms with Crippen molar-refractivity contribution in [3.05, 3.63) is 40.9 Å². The Morgan fingerprint density at radius 1 is 1.31 bits per heavy atom. The number of carbonyl (C=O) groups excluding carboxylic acids is 1. The average Bonchev–Trinajstić information content (AvgIpc) is 3.10. The summed E-state index contributed by atoms with van der Waals surface area (Å²) < 4.78 is 38.5. The van der Waals surface area contributed by atoms with Crippen LogP contribution in [0.25, 0.3) is 10.6 Å². The van der Waals surface area contributed by atoms with Gasteiger partial charge < -0.3 is 10.0 Å². The van der Waals surface area contributed by atoms with Crippen molar-refractivity contribution in [3.8, 4) is 10.6 Å². The van der Waals surface area contributed by atoms with Crippen LogP contribution >= 0.6 is 11.3 Å². The molecule has 3 rings (SSSR count). The lowest BCUT2D eigenvalue weighted by molar-refractivity contribution is -0.143. The molecule has 26 heavy (non-hydrogen) atoms. The van der Waals surface area contributed by atoms with Gasteiger partial charge in [-0.15, -0.1) is 11.3 Å². The molecule has 0 radical (unpaired) electrons. The van der Waals surface area contributed by atoms with E-state index in [9.17, 15) is 22.8 Å². The first-order valence-corrected chi connectivity index (χ1v) is 8.79. The molecule has 1 saturated heterocycles. The summed E-state index contributed by atoms with van der Waals surface area (Å²) in [5.41, 5.74) is -0.377. The number of hydrogen-bond donors (Lipinski definition) is 1. The summed E-state index contributed by atoms with van der Waals surface area (Å²) in [5, 5.41) is 10.9. The minimum atomic E-state index is -4.45. The first-order valence-electron chi connectivity index (χ1n) is 7.91. The number of aliphatic carboxylic acids is 1. The van der Waals surface area contributed by atoms with Gasteiger partial charge in [-0.2, -0.15) is 13.2 Å². The number of alkyl halides is 3. The minimum absolute atomic E-state index is 0.116. The van der Waals surface area contributed by atoms with E-state index < -0.39 is 29.5 Å². The second kappa shape index (κ2) is 7.06. The Labute approximate surface area is 151 Å². The maximum Gasteiger partial charge on any atom is 0.416 e. The molecule has 2 heterocycles. The molecular weight excluding hydrogens is 369 g/mol. The van der Waals surface area contributed by atoms with Crippen LogP contribution in [0.2, 0.25) is 0 Å². The topological polar surface area (TPSA) is 70.5 Å². The van der Waals surface area contributed by atoms with Crippen LogP contribution < -0.4 is 0 Å². The van der Waals surface area contributed by atoms with Crippen LogP contribution in [0.5, 0.6) is 0 Å². The highest BCUT2D eigenvalue weighted by Gasteiger charge is 2.31. The summed E-state index contributed by atoms with van der Waals surface area (Å²) in [6, 6.07) is 4.77. The maximum atomic E-state index is 12.8. The lowest BCUT2D eigenvalue weighted by atomic mass is 9.98. The van der Waals surface area contributed by atoms with Crippen LogP contribution in [0.15, 0.2) is 29.6 Å². The highest BCUT2D eigenvalue weighted by Crippen LogP contribution is 2.33. The fraction of sp³-hybridized carbons (Fsp3) is 0.353. The Kier molecular flexibility index (Phi) is 4.99. The standard InChI is InChI=1S/C17H15F3N2O3S/c18-17(19,20)12-5-1-3-10(7-12)14-21-13(9-26-14)15(23)22-6-2-4-11(8-22)16(24)25/h1,3,5,7,9,11H,2,4,6,8H2,(H,24,25). The largest absolute Gasteiger partial charge is 0.481 e. The molecule has 1 aromatic heterocycles. The molecule has 5 nitrogen and oxygen atoms in total. The molecule has 9 heteroatoms. The number of benzene rings is 1. The SMILES string of the molecule is O=C(O)C1CCCN(C(=O)c2csc(-c3cccc(C(F)(F)F)c3)n2)C1. The Hall–Kier alpha value is -2.42. The molecule has 1 fully saturated rings. The van der Waals surface area contributed by atoms with Crippen molar-refractivity contribution in [3.63, 3.8) is 0 Å². The Morgan fingerprint density at radius 3 is 2.77 bits per heavy atom. The van der Waals surface area contributed by atoms with Crippen molar-refractivity contribution in [1.82, 2.24) is 9.88 Å². The summed E-state index contributed by atoms with van der Waals surface area (Å²) in [4.78, 5) is 29.3. The quantitative estimate of drug-likeness (QED) is 0.875. The summed E-state index contributed by atoms with van der Waals surface area (Å²) in [6.45, 7) is 0.559. The molecule has 0 bridgehead atoms. The summed E-state index contributed by atoms with van der Waals surface area (Å²) in [7, 11) is 0. The number of piperidine rings is 1. The van der Waals surface area contributed by atoms with E-state index in [-0.39, 0.29) is 17.8 Å². The highest BCUT2D eigenvalue weighted by molar-refractivity contribution is 7.13. The predicted octanol–water partition coefficient (Wildman–Crippen LogP) is 3.77. The van der Waals surface area contributed by atoms with Gasteiger partial charge >= 0.3 is 12.1 Å². The van der Waals surface area contributed by atoms with Gasteiger partial charge in [0.2, 0.25) is 0 Å². The zero-order valence-corrected chi connectivity index (χ0v) is 14.3. The second-order valence-electron chi connectivity index (χ2n) is 6.05. The number of carboxylic acids is 1. The van der Waals surface area contributed by atoms with Gasteiger partial charge in [-0.25, -0.2) is 4.98 Å². The molecule has 2 aromatic rings. The third kappa shape index (κ3) is 3.87. The van der Waals surface area contributed by atoms with Gasteiger partial charge in [-0.05, 0) is 25.0 Å². The van der Waals surface area contributed by atoms with Crippen molar-refractivity contribution < 1.29 is 27.9 Å². The van der Waals surface area contributed by atoms with Crippen LogP contribution in [-0.4, -0.2) is 40.0 Å². The van der Waals surface area contributed by atoms with E-state index in [0.29, 0.717) is 24.4 Å². The number of rotatable bonds is 3. The highest BCUT2D eigenvalue weighted by atomic mass is 32.1. The molecule has 0 spiro atoms. The molecule has 1 atom stereocenters. The molecule has 0 aliphatic carbocycles. The summed E-state index contributed by atoms with van der Waals surface area (Å²) in [6.07, 6.45) is -3.34. The Bertz CT molecular complexity index is 835. The number of likely N-dealkylation sites (tertiary alicyclic amines) is 1. The van der Waals surface area contributed by atoms with Gasteiger partial charge in [0, 0.05) is 24.0 Å². The minimum Gasteiger partial charge on any atom is -0.481 e. The molecule has 1 amide bonds. The van der Waals surface area contributed by atoms with Crippen LogP contribution in [-0.2, 0) is 11.0 Å². The number of nitrogens with zero attached hydrogens (tertiary/aromatic N) is 2. The molecule has 1 aliphatic rings. The van der Waals surface area contributed by atoms with E-state index >= 15 is 0 Å². The number of carbonyl (C=O) groups is 2. The normalized spacial score (nSPS) is 18.0. The van der Waals surface area contributed by atoms with E-state index in [1.165, 1.54) is 22.4 Å². The Morgan fingerprint density at radius 2 is 2.08 bits per heavy atom. The monoisotopic (exact) mass is 384 g/mol. The first kappa shape index (κ1) is 18.4. The molecule has 1 N–H and O–H groups in total. The number of aromatic nitrogens is 1. The van der Waals surface area contributed by atoms with Crippen LogP contribution in [0.3, 0.4) is 0 Å². The average molecular weight is 384 g/mol. The van der Waals surface area contributed by atoms with Crippen molar-refractivity contribution >= 4 is 23.2 Å². The number of thiazole rings is 1. The summed E-state index contributed by atoms with van der Waals surface area (Å²) >= 11 is 1.08. The van der Waals surface area contributed by atoms with E-state index in [0.717, 1.165) is 23.5 Å². The fourth-order valence-electron chi connectivity index (χ4n) is 2.86. The fourth-order valence-corrected chi connectivity index (χ4v) is 3.65. The number of halogens is 3. The zero-order chi connectivity index (χ0) is 18.9. The van der Waals surface area contributed by atoms with Gasteiger partial charge in [-0.1, -0.05) is 12.1 Å². The van der Waals surface area contributed by atoms with Crippen LogP contribution in [0.4, 0.5) is 13.2 Å².